The van der Waals surface area contributed by atoms with Gasteiger partial charge in [0.2, 0.25) is 0 Å². The summed E-state index contributed by atoms with van der Waals surface area (Å²) >= 11 is 9.82. The Morgan fingerprint density at radius 2 is 2.20 bits per heavy atom. The van der Waals surface area contributed by atoms with E-state index < -0.39 is 0 Å². The lowest BCUT2D eigenvalue weighted by Gasteiger charge is -1.81. The van der Waals surface area contributed by atoms with Gasteiger partial charge in [0.15, 0.2) is 10.4 Å². The Morgan fingerprint density at radius 1 is 1.60 bits per heavy atom. The molecule has 54 valence electrons. The molecule has 5 heteroatoms. The van der Waals surface area contributed by atoms with Crippen LogP contribution in [0.3, 0.4) is 0 Å². The van der Waals surface area contributed by atoms with E-state index in [9.17, 15) is 4.79 Å². The molecule has 0 radical (unpaired) electrons. The zero-order valence-corrected chi connectivity index (χ0v) is 8.66. The van der Waals surface area contributed by atoms with Gasteiger partial charge in [0.1, 0.15) is 0 Å². The van der Waals surface area contributed by atoms with Crippen LogP contribution in [0.5, 0.6) is 0 Å². The molecule has 1 rings (SSSR count). The molecule has 2 nitrogen and oxygen atoms in total. The standard InChI is InChI=1S/C5H2Br2O2S/c6-2-1-3(5(8)10)9-4(2)7/h1H,(H,8,10). The number of halogens is 2. The van der Waals surface area contributed by atoms with Crippen molar-refractivity contribution in [2.45, 2.75) is 0 Å². The quantitative estimate of drug-likeness (QED) is 0.804. The van der Waals surface area contributed by atoms with Crippen LogP contribution in [0.4, 0.5) is 0 Å². The largest absolute Gasteiger partial charge is 0.444 e. The first-order valence-corrected chi connectivity index (χ1v) is 4.32. The van der Waals surface area contributed by atoms with Crippen molar-refractivity contribution in [3.8, 4) is 0 Å². The van der Waals surface area contributed by atoms with E-state index in [0.29, 0.717) is 9.14 Å². The fourth-order valence-corrected chi connectivity index (χ4v) is 1.14. The molecule has 0 bridgehead atoms. The minimum absolute atomic E-state index is 0.224. The van der Waals surface area contributed by atoms with Gasteiger partial charge in [0.25, 0.3) is 5.12 Å². The van der Waals surface area contributed by atoms with Crippen LogP contribution in [0.2, 0.25) is 0 Å². The summed E-state index contributed by atoms with van der Waals surface area (Å²) in [4.78, 5) is 10.5. The molecule has 0 aliphatic carbocycles. The number of carbonyl (C=O) groups is 1. The van der Waals surface area contributed by atoms with Gasteiger partial charge in [-0.15, -0.1) is 0 Å². The number of hydrogen-bond acceptors (Lipinski definition) is 2. The Labute approximate surface area is 79.6 Å². The molecular formula is C5H2Br2O2S. The molecule has 0 spiro atoms. The van der Waals surface area contributed by atoms with Crippen molar-refractivity contribution >= 4 is 49.6 Å². The Bertz CT molecular complexity index is 249. The molecule has 0 unspecified atom stereocenters. The third kappa shape index (κ3) is 1.65. The fraction of sp³-hybridized carbons (Fsp3) is 0. The molecule has 0 fully saturated rings. The van der Waals surface area contributed by atoms with Crippen molar-refractivity contribution < 1.29 is 9.21 Å². The summed E-state index contributed by atoms with van der Waals surface area (Å²) in [5.74, 6) is 0.224. The van der Waals surface area contributed by atoms with E-state index in [2.05, 4.69) is 44.5 Å². The summed E-state index contributed by atoms with van der Waals surface area (Å²) in [6, 6.07) is 1.55. The molecule has 0 saturated heterocycles. The molecule has 1 heterocycles. The highest BCUT2D eigenvalue weighted by atomic mass is 79.9. The van der Waals surface area contributed by atoms with Crippen molar-refractivity contribution in [3.63, 3.8) is 0 Å². The molecule has 0 N–H and O–H groups in total. The van der Waals surface area contributed by atoms with Crippen molar-refractivity contribution in [1.82, 2.24) is 0 Å². The number of rotatable bonds is 1. The topological polar surface area (TPSA) is 30.2 Å². The summed E-state index contributed by atoms with van der Waals surface area (Å²) in [7, 11) is 0. The molecule has 0 atom stereocenters. The average Bonchev–Trinajstić information content (AvgIpc) is 2.13. The van der Waals surface area contributed by atoms with Gasteiger partial charge in [0, 0.05) is 6.07 Å². The summed E-state index contributed by atoms with van der Waals surface area (Å²) in [6.07, 6.45) is 0. The minimum atomic E-state index is -0.383. The molecule has 1 aromatic rings. The first kappa shape index (κ1) is 8.36. The smallest absolute Gasteiger partial charge is 0.251 e. The summed E-state index contributed by atoms with van der Waals surface area (Å²) in [6.45, 7) is 0. The first-order chi connectivity index (χ1) is 4.61. The van der Waals surface area contributed by atoms with Crippen molar-refractivity contribution in [3.05, 3.63) is 21.0 Å². The number of hydrogen-bond donors (Lipinski definition) is 1. The second kappa shape index (κ2) is 3.11. The van der Waals surface area contributed by atoms with Gasteiger partial charge in [-0.05, 0) is 31.9 Å². The van der Waals surface area contributed by atoms with E-state index in [0.717, 1.165) is 0 Å². The number of thiol groups is 1. The van der Waals surface area contributed by atoms with Gasteiger partial charge in [-0.3, -0.25) is 4.79 Å². The van der Waals surface area contributed by atoms with Gasteiger partial charge >= 0.3 is 0 Å². The van der Waals surface area contributed by atoms with Crippen LogP contribution < -0.4 is 0 Å². The predicted octanol–water partition coefficient (Wildman–Crippen LogP) is 2.87. The lowest BCUT2D eigenvalue weighted by atomic mass is 10.5. The lowest BCUT2D eigenvalue weighted by Crippen LogP contribution is -1.81. The Balaban J connectivity index is 3.10. The van der Waals surface area contributed by atoms with Crippen LogP contribution in [-0.4, -0.2) is 5.12 Å². The maximum atomic E-state index is 10.5. The van der Waals surface area contributed by atoms with Gasteiger partial charge in [-0.2, -0.15) is 0 Å². The monoisotopic (exact) mass is 284 g/mol. The first-order valence-electron chi connectivity index (χ1n) is 2.29. The minimum Gasteiger partial charge on any atom is -0.444 e. The molecule has 0 aromatic carbocycles. The molecule has 0 amide bonds. The van der Waals surface area contributed by atoms with Gasteiger partial charge in [-0.25, -0.2) is 0 Å². The molecule has 0 saturated carbocycles. The van der Waals surface area contributed by atoms with Gasteiger partial charge in [-0.1, -0.05) is 12.6 Å². The van der Waals surface area contributed by atoms with Crippen LogP contribution in [-0.2, 0) is 0 Å². The van der Waals surface area contributed by atoms with Crippen LogP contribution in [0, 0.1) is 0 Å². The third-order valence-electron chi connectivity index (χ3n) is 0.856. The average molecular weight is 286 g/mol. The second-order valence-corrected chi connectivity index (χ2v) is 3.52. The van der Waals surface area contributed by atoms with E-state index in [1.54, 1.807) is 6.07 Å². The highest BCUT2D eigenvalue weighted by Crippen LogP contribution is 2.27. The fourth-order valence-electron chi connectivity index (χ4n) is 0.452. The molecule has 1 aromatic heterocycles. The lowest BCUT2D eigenvalue weighted by molar-refractivity contribution is 0.106. The second-order valence-electron chi connectivity index (χ2n) is 1.54. The van der Waals surface area contributed by atoms with Crippen molar-refractivity contribution in [1.29, 1.82) is 0 Å². The van der Waals surface area contributed by atoms with E-state index in [1.165, 1.54) is 0 Å². The maximum absolute atomic E-state index is 10.5. The van der Waals surface area contributed by atoms with E-state index in [4.69, 9.17) is 4.42 Å². The van der Waals surface area contributed by atoms with Crippen molar-refractivity contribution in [2.75, 3.05) is 0 Å². The Hall–Kier alpha value is 0.260. The van der Waals surface area contributed by atoms with Crippen LogP contribution in [0.15, 0.2) is 19.6 Å². The van der Waals surface area contributed by atoms with Crippen molar-refractivity contribution in [2.24, 2.45) is 0 Å². The highest BCUT2D eigenvalue weighted by molar-refractivity contribution is 9.13. The maximum Gasteiger partial charge on any atom is 0.251 e. The summed E-state index contributed by atoms with van der Waals surface area (Å²) in [5, 5.41) is -0.383. The van der Waals surface area contributed by atoms with Crippen LogP contribution in [0.25, 0.3) is 0 Å². The molecule has 0 aliphatic rings. The molecule has 10 heavy (non-hydrogen) atoms. The van der Waals surface area contributed by atoms with Crippen LogP contribution in [0.1, 0.15) is 10.6 Å². The van der Waals surface area contributed by atoms with E-state index >= 15 is 0 Å². The summed E-state index contributed by atoms with van der Waals surface area (Å²) in [5.41, 5.74) is 0. The predicted molar refractivity (Wildman–Crippen MR) is 47.4 cm³/mol. The highest BCUT2D eigenvalue weighted by Gasteiger charge is 2.09. The Morgan fingerprint density at radius 3 is 2.40 bits per heavy atom. The third-order valence-corrected chi connectivity index (χ3v) is 2.79. The SMILES string of the molecule is O=C(S)c1cc(Br)c(Br)o1. The zero-order valence-electron chi connectivity index (χ0n) is 4.60. The van der Waals surface area contributed by atoms with Crippen LogP contribution >= 0.6 is 44.5 Å². The van der Waals surface area contributed by atoms with E-state index in [1.807, 2.05) is 0 Å². The molecular weight excluding hydrogens is 284 g/mol. The van der Waals surface area contributed by atoms with Gasteiger partial charge < -0.3 is 4.42 Å². The summed E-state index contributed by atoms with van der Waals surface area (Å²) < 4.78 is 6.14. The number of furan rings is 1. The molecule has 0 aliphatic heterocycles. The number of carbonyl (C=O) groups excluding carboxylic acids is 1. The van der Waals surface area contributed by atoms with Gasteiger partial charge in [0.05, 0.1) is 4.47 Å². The Kier molecular flexibility index (Phi) is 2.60. The van der Waals surface area contributed by atoms with E-state index in [-0.39, 0.29) is 10.9 Å². The normalized spacial score (nSPS) is 9.90. The zero-order chi connectivity index (χ0) is 7.72.